The summed E-state index contributed by atoms with van der Waals surface area (Å²) in [5.41, 5.74) is 26.7. The first-order valence-electron chi connectivity index (χ1n) is 24.1. The minimum absolute atomic E-state index is 0.0121. The van der Waals surface area contributed by atoms with Gasteiger partial charge in [-0.2, -0.15) is 0 Å². The number of carboxylic acid groups (broad SMARTS) is 1. The lowest BCUT2D eigenvalue weighted by Crippen LogP contribution is -2.63. The van der Waals surface area contributed by atoms with Crippen molar-refractivity contribution in [2.24, 2.45) is 38.8 Å². The lowest BCUT2D eigenvalue weighted by molar-refractivity contribution is -0.144. The van der Waals surface area contributed by atoms with E-state index in [0.717, 1.165) is 18.7 Å². The molecule has 0 radical (unpaired) electrons. The summed E-state index contributed by atoms with van der Waals surface area (Å²) < 4.78 is 0. The predicted octanol–water partition coefficient (Wildman–Crippen LogP) is -9.46. The van der Waals surface area contributed by atoms with Gasteiger partial charge in [-0.05, 0) is 65.7 Å². The van der Waals surface area contributed by atoms with Crippen LogP contribution < -0.4 is 76.3 Å². The molecule has 2 aliphatic rings. The van der Waals surface area contributed by atoms with Crippen LogP contribution in [0.4, 0.5) is 0 Å². The van der Waals surface area contributed by atoms with Crippen LogP contribution in [0.3, 0.4) is 0 Å². The number of amides is 10. The number of hydrazine groups is 1. The van der Waals surface area contributed by atoms with Crippen molar-refractivity contribution < 1.29 is 73.2 Å². The number of carboxylic acids is 1. The van der Waals surface area contributed by atoms with Crippen molar-refractivity contribution >= 4 is 77.3 Å². The van der Waals surface area contributed by atoms with E-state index in [0.29, 0.717) is 6.54 Å². The molecule has 75 heavy (non-hydrogen) atoms. The second-order valence-corrected chi connectivity index (χ2v) is 18.5. The van der Waals surface area contributed by atoms with Crippen LogP contribution in [0.2, 0.25) is 0 Å². The van der Waals surface area contributed by atoms with Gasteiger partial charge >= 0.3 is 5.97 Å². The Kier molecular flexibility index (Phi) is 26.2. The van der Waals surface area contributed by atoms with Crippen molar-refractivity contribution in [1.82, 2.24) is 58.3 Å². The molecule has 0 saturated carbocycles. The Bertz CT molecular complexity index is 2100. The average Bonchev–Trinajstić information content (AvgIpc) is 4.04. The second kappa shape index (κ2) is 30.8. The van der Waals surface area contributed by atoms with E-state index in [4.69, 9.17) is 22.9 Å². The third-order valence-electron chi connectivity index (χ3n) is 11.7. The molecule has 2 heterocycles. The van der Waals surface area contributed by atoms with Gasteiger partial charge in [-0.15, -0.1) is 0 Å². The Morgan fingerprint density at radius 3 is 1.79 bits per heavy atom. The molecule has 22 N–H and O–H groups in total. The Hall–Kier alpha value is -7.29. The standard InChI is InChI=1S/C43H75N17O15/c1-18(2)30(58-59-37(70)25(53-34(67)19(3)44)13-23-15-48-17-50-23)39(72)57-32(22(6)63)41(74)55-27(16-61)36(69)51-20(4)42(75)60-12-8-10-28(60)38(71)54-26(14-29(64)65)35(68)56-31(21(5)62)40(73)52-24(33(45)66)9-7-11-49-43(46)47/h17-28,30-32,58,61-63H,7-16,44H2,1-6H3,(H2,45,66)(H,48,50)(H,51,69)(H,52,73)(H,53,67)(H,54,71)(H,55,74)(H,56,68)(H,57,72)(H,59,70)(H,64,65)(H4,46,47,49). The monoisotopic (exact) mass is 1070 g/mol. The SMILES string of the molecule is CC(N)C(=O)NC(CC1CN=CN1)C(=O)NNC(C(=O)NC(C(=O)NC(CO)C(=O)NC(C)C(=O)N1CCCC1C(=O)NC(CC(=O)O)C(=O)NC(C(=O)NC(CCCN=C(N)N)C(N)=O)C(C)O)C(C)O)C(C)C. The molecule has 422 valence electrons. The minimum atomic E-state index is -1.87. The number of hydrogen-bond donors (Lipinski definition) is 18. The van der Waals surface area contributed by atoms with Crippen molar-refractivity contribution in [1.29, 1.82) is 0 Å². The quantitative estimate of drug-likeness (QED) is 0.0133. The predicted molar refractivity (Wildman–Crippen MR) is 264 cm³/mol. The fourth-order valence-electron chi connectivity index (χ4n) is 7.52. The number of aliphatic hydroxyl groups excluding tert-OH is 3. The number of guanidine groups is 1. The molecule has 13 atom stereocenters. The first-order chi connectivity index (χ1) is 35.1. The minimum Gasteiger partial charge on any atom is -0.481 e. The van der Waals surface area contributed by atoms with Crippen molar-refractivity contribution in [3.8, 4) is 0 Å². The van der Waals surface area contributed by atoms with Crippen molar-refractivity contribution in [3.63, 3.8) is 0 Å². The maximum Gasteiger partial charge on any atom is 0.305 e. The van der Waals surface area contributed by atoms with Gasteiger partial charge in [-0.1, -0.05) is 13.8 Å². The summed E-state index contributed by atoms with van der Waals surface area (Å²) in [5.74, 6) is -12.0. The number of rotatable bonds is 31. The smallest absolute Gasteiger partial charge is 0.305 e. The van der Waals surface area contributed by atoms with Gasteiger partial charge in [0.15, 0.2) is 5.96 Å². The van der Waals surface area contributed by atoms with E-state index < -0.39 is 157 Å². The number of carbonyl (C=O) groups is 11. The van der Waals surface area contributed by atoms with Crippen LogP contribution in [0.1, 0.15) is 80.1 Å². The van der Waals surface area contributed by atoms with Crippen LogP contribution in [0, 0.1) is 5.92 Å². The van der Waals surface area contributed by atoms with Gasteiger partial charge in [0.05, 0.1) is 44.2 Å². The van der Waals surface area contributed by atoms with E-state index in [1.807, 2.05) is 0 Å². The number of nitrogens with two attached hydrogens (primary N) is 4. The number of nitrogens with zero attached hydrogens (tertiary/aromatic N) is 3. The molecule has 1 fully saturated rings. The molecule has 0 aliphatic carbocycles. The largest absolute Gasteiger partial charge is 0.481 e. The number of carbonyl (C=O) groups excluding carboxylic acids is 10. The second-order valence-electron chi connectivity index (χ2n) is 18.5. The van der Waals surface area contributed by atoms with Crippen molar-refractivity contribution in [2.75, 3.05) is 26.2 Å². The van der Waals surface area contributed by atoms with E-state index in [1.165, 1.54) is 20.2 Å². The van der Waals surface area contributed by atoms with Crippen LogP contribution in [0.25, 0.3) is 0 Å². The van der Waals surface area contributed by atoms with E-state index in [2.05, 4.69) is 63.4 Å². The van der Waals surface area contributed by atoms with E-state index in [-0.39, 0.29) is 57.2 Å². The van der Waals surface area contributed by atoms with Gasteiger partial charge in [-0.3, -0.25) is 68.2 Å². The molecule has 2 aliphatic heterocycles. The zero-order valence-electron chi connectivity index (χ0n) is 42.7. The normalized spacial score (nSPS) is 19.3. The fraction of sp³-hybridized carbons (Fsp3) is 0.698. The average molecular weight is 1070 g/mol. The first kappa shape index (κ1) is 63.8. The van der Waals surface area contributed by atoms with Crippen molar-refractivity contribution in [2.45, 2.75) is 159 Å². The Morgan fingerprint density at radius 1 is 0.720 bits per heavy atom. The number of aliphatic hydroxyl groups is 3. The van der Waals surface area contributed by atoms with Crippen LogP contribution in [-0.4, -0.2) is 208 Å². The number of primary amides is 1. The highest BCUT2D eigenvalue weighted by atomic mass is 16.4. The number of aliphatic imine (C=N–C) groups is 2. The highest BCUT2D eigenvalue weighted by molar-refractivity contribution is 5.99. The molecular formula is C43H75N17O15. The summed E-state index contributed by atoms with van der Waals surface area (Å²) in [4.78, 5) is 153. The third-order valence-corrected chi connectivity index (χ3v) is 11.7. The van der Waals surface area contributed by atoms with Crippen LogP contribution in [-0.2, 0) is 52.7 Å². The maximum absolute atomic E-state index is 13.7. The molecule has 0 spiro atoms. The molecule has 2 rings (SSSR count). The summed E-state index contributed by atoms with van der Waals surface area (Å²) in [6.07, 6.45) is -2.29. The van der Waals surface area contributed by atoms with Gasteiger partial charge in [0, 0.05) is 19.1 Å². The van der Waals surface area contributed by atoms with Gasteiger partial charge in [-0.25, -0.2) is 5.43 Å². The summed E-state index contributed by atoms with van der Waals surface area (Å²) >= 11 is 0. The van der Waals surface area contributed by atoms with E-state index in [1.54, 1.807) is 13.8 Å². The molecule has 32 heteroatoms. The molecule has 0 aromatic carbocycles. The maximum atomic E-state index is 13.7. The number of likely N-dealkylation sites (tertiary alicyclic amines) is 1. The molecule has 13 unspecified atom stereocenters. The highest BCUT2D eigenvalue weighted by Gasteiger charge is 2.40. The van der Waals surface area contributed by atoms with Crippen LogP contribution in [0.15, 0.2) is 9.98 Å². The molecule has 32 nitrogen and oxygen atoms in total. The van der Waals surface area contributed by atoms with Gasteiger partial charge in [0.2, 0.25) is 53.2 Å². The van der Waals surface area contributed by atoms with E-state index >= 15 is 0 Å². The molecular weight excluding hydrogens is 995 g/mol. The number of nitrogens with one attached hydrogen (secondary N) is 10. The summed E-state index contributed by atoms with van der Waals surface area (Å²) in [6, 6.07) is -14.8. The third kappa shape index (κ3) is 20.9. The van der Waals surface area contributed by atoms with E-state index in [9.17, 15) is 73.2 Å². The molecule has 1 saturated heterocycles. The fourth-order valence-corrected chi connectivity index (χ4v) is 7.52. The molecule has 0 aromatic rings. The molecule has 10 amide bonds. The van der Waals surface area contributed by atoms with Crippen LogP contribution in [0.5, 0.6) is 0 Å². The lowest BCUT2D eigenvalue weighted by Gasteiger charge is -2.30. The first-order valence-corrected chi connectivity index (χ1v) is 24.1. The highest BCUT2D eigenvalue weighted by Crippen LogP contribution is 2.19. The summed E-state index contributed by atoms with van der Waals surface area (Å²) in [5, 5.41) is 59.8. The Labute approximate surface area is 431 Å². The number of hydrogen-bond acceptors (Lipinski definition) is 19. The zero-order chi connectivity index (χ0) is 56.9. The zero-order valence-corrected chi connectivity index (χ0v) is 42.7. The molecule has 0 bridgehead atoms. The Morgan fingerprint density at radius 2 is 1.28 bits per heavy atom. The summed E-state index contributed by atoms with van der Waals surface area (Å²) in [7, 11) is 0. The van der Waals surface area contributed by atoms with Gasteiger partial charge in [0.25, 0.3) is 5.91 Å². The van der Waals surface area contributed by atoms with Gasteiger partial charge in [0.1, 0.15) is 54.4 Å². The lowest BCUT2D eigenvalue weighted by atomic mass is 10.0. The van der Waals surface area contributed by atoms with Crippen molar-refractivity contribution in [3.05, 3.63) is 0 Å². The Balaban J connectivity index is 2.12. The summed E-state index contributed by atoms with van der Waals surface area (Å²) in [6.45, 7) is 7.45. The number of aliphatic carboxylic acids is 1. The molecule has 0 aromatic heterocycles. The topological polar surface area (TPSA) is 521 Å². The van der Waals surface area contributed by atoms with Gasteiger partial charge < -0.3 is 90.8 Å². The van der Waals surface area contributed by atoms with Crippen LogP contribution >= 0.6 is 0 Å².